The molecule has 0 unspecified atom stereocenters. The van der Waals surface area contributed by atoms with Crippen molar-refractivity contribution in [2.45, 2.75) is 31.6 Å². The molecule has 0 atom stereocenters. The van der Waals surface area contributed by atoms with E-state index >= 15 is 0 Å². The number of piperidine rings is 1. The minimum Gasteiger partial charge on any atom is -0.481 e. The van der Waals surface area contributed by atoms with Crippen LogP contribution in [0, 0.1) is 19.8 Å². The van der Waals surface area contributed by atoms with Gasteiger partial charge in [0.15, 0.2) is 0 Å². The fraction of sp³-hybridized carbons (Fsp3) is 0.179. The van der Waals surface area contributed by atoms with Gasteiger partial charge in [0.2, 0.25) is 10.0 Å². The van der Waals surface area contributed by atoms with Gasteiger partial charge < -0.3 is 15.7 Å². The average molecular weight is 659 g/mol. The summed E-state index contributed by atoms with van der Waals surface area (Å²) in [5.41, 5.74) is 8.33. The number of nitrogens with zero attached hydrogens (tertiary/aromatic N) is 1. The van der Waals surface area contributed by atoms with Crippen LogP contribution in [0.5, 0.6) is 0 Å². The number of fused-ring (bicyclic) bond motifs is 2. The summed E-state index contributed by atoms with van der Waals surface area (Å²) in [6.45, 7) is 4.40. The number of aliphatic carboxylic acids is 1. The number of sulfonamides is 1. The summed E-state index contributed by atoms with van der Waals surface area (Å²) in [4.78, 5) is 11.7. The van der Waals surface area contributed by atoms with Crippen molar-refractivity contribution in [3.63, 3.8) is 0 Å². The number of rotatable bonds is 8. The number of nitrogens with one attached hydrogen (secondary N) is 2. The number of hydrogen-bond donors (Lipinski definition) is 3. The van der Waals surface area contributed by atoms with Gasteiger partial charge >= 0.3 is 17.1 Å². The van der Waals surface area contributed by atoms with E-state index in [-0.39, 0.29) is 30.8 Å². The molecule has 0 aliphatic carbocycles. The van der Waals surface area contributed by atoms with Crippen LogP contribution in [-0.2, 0) is 14.8 Å². The molecular formula is C39H36N3O5S+. The van der Waals surface area contributed by atoms with Crippen molar-refractivity contribution in [3.8, 4) is 11.1 Å². The first-order valence-corrected chi connectivity index (χ1v) is 17.4. The second-order valence-electron chi connectivity index (χ2n) is 12.3. The number of para-hydroxylation sites is 2. The van der Waals surface area contributed by atoms with Crippen LogP contribution >= 0.6 is 0 Å². The molecule has 0 saturated carbocycles. The zero-order valence-corrected chi connectivity index (χ0v) is 27.6. The summed E-state index contributed by atoms with van der Waals surface area (Å²) in [7, 11) is -3.95. The molecule has 1 aromatic heterocycles. The van der Waals surface area contributed by atoms with Crippen molar-refractivity contribution in [1.29, 1.82) is 0 Å². The van der Waals surface area contributed by atoms with E-state index < -0.39 is 21.9 Å². The molecule has 0 spiro atoms. The molecule has 48 heavy (non-hydrogen) atoms. The number of anilines is 4. The molecule has 1 aliphatic rings. The largest absolute Gasteiger partial charge is 0.481 e. The van der Waals surface area contributed by atoms with Crippen LogP contribution in [-0.4, -0.2) is 36.9 Å². The number of carboxylic acid groups (broad SMARTS) is 1. The molecule has 0 bridgehead atoms. The Hall–Kier alpha value is -5.25. The number of carbonyl (C=O) groups is 1. The normalized spacial score (nSPS) is 14.3. The lowest BCUT2D eigenvalue weighted by Crippen LogP contribution is -2.40. The van der Waals surface area contributed by atoms with Crippen molar-refractivity contribution >= 4 is 60.7 Å². The first-order chi connectivity index (χ1) is 23.2. The molecular weight excluding hydrogens is 623 g/mol. The summed E-state index contributed by atoms with van der Waals surface area (Å²) in [6, 6.07) is 34.9. The number of aryl methyl sites for hydroxylation is 2. The van der Waals surface area contributed by atoms with E-state index in [9.17, 15) is 18.3 Å². The van der Waals surface area contributed by atoms with Gasteiger partial charge in [-0.05, 0) is 80.3 Å². The quantitative estimate of drug-likeness (QED) is 0.111. The van der Waals surface area contributed by atoms with Crippen LogP contribution in [0.2, 0.25) is 0 Å². The van der Waals surface area contributed by atoms with Crippen LogP contribution in [0.15, 0.2) is 119 Å². The summed E-state index contributed by atoms with van der Waals surface area (Å²) in [5.74, 6) is -1.42. The maximum Gasteiger partial charge on any atom is 0.363 e. The molecule has 1 aliphatic heterocycles. The van der Waals surface area contributed by atoms with Crippen molar-refractivity contribution in [1.82, 2.24) is 4.31 Å². The average Bonchev–Trinajstić information content (AvgIpc) is 3.09. The van der Waals surface area contributed by atoms with E-state index in [1.807, 2.05) is 111 Å². The summed E-state index contributed by atoms with van der Waals surface area (Å²) in [5, 5.41) is 18.0. The SMILES string of the molecule is Cc1ccccc1Nc1ccc2c(-c3ccccc3S(=O)(=O)N3CCC(C(=O)O)CC3)c3ccc(Nc4ccccc4C)cc3[o+]c2c1. The zero-order valence-electron chi connectivity index (χ0n) is 26.7. The molecule has 242 valence electrons. The molecule has 0 amide bonds. The Morgan fingerprint density at radius 1 is 0.729 bits per heavy atom. The van der Waals surface area contributed by atoms with Gasteiger partial charge in [0.05, 0.1) is 33.7 Å². The number of hydrogen-bond acceptors (Lipinski definition) is 5. The lowest BCUT2D eigenvalue weighted by molar-refractivity contribution is -0.142. The van der Waals surface area contributed by atoms with Gasteiger partial charge in [-0.1, -0.05) is 54.6 Å². The lowest BCUT2D eigenvalue weighted by atomic mass is 9.96. The van der Waals surface area contributed by atoms with Crippen molar-refractivity contribution in [3.05, 3.63) is 120 Å². The monoisotopic (exact) mass is 658 g/mol. The van der Waals surface area contributed by atoms with Crippen LogP contribution in [0.1, 0.15) is 24.0 Å². The van der Waals surface area contributed by atoms with Gasteiger partial charge in [0.1, 0.15) is 0 Å². The number of carboxylic acids is 1. The Labute approximate surface area is 279 Å². The highest BCUT2D eigenvalue weighted by molar-refractivity contribution is 7.89. The van der Waals surface area contributed by atoms with Crippen LogP contribution in [0.3, 0.4) is 0 Å². The van der Waals surface area contributed by atoms with Gasteiger partial charge in [-0.15, -0.1) is 0 Å². The molecule has 7 rings (SSSR count). The molecule has 3 N–H and O–H groups in total. The maximum absolute atomic E-state index is 14.2. The smallest absolute Gasteiger partial charge is 0.363 e. The fourth-order valence-electron chi connectivity index (χ4n) is 6.45. The first-order valence-electron chi connectivity index (χ1n) is 16.0. The third-order valence-electron chi connectivity index (χ3n) is 9.15. The topological polar surface area (TPSA) is 110 Å². The van der Waals surface area contributed by atoms with E-state index in [1.54, 1.807) is 12.1 Å². The Morgan fingerprint density at radius 3 is 1.75 bits per heavy atom. The molecule has 2 heterocycles. The van der Waals surface area contributed by atoms with Crippen molar-refractivity contribution in [2.24, 2.45) is 5.92 Å². The molecule has 9 heteroatoms. The minimum atomic E-state index is -3.95. The second-order valence-corrected chi connectivity index (χ2v) is 14.2. The Morgan fingerprint density at radius 2 is 1.23 bits per heavy atom. The van der Waals surface area contributed by atoms with Gasteiger partial charge in [0, 0.05) is 47.0 Å². The highest BCUT2D eigenvalue weighted by Crippen LogP contribution is 2.42. The van der Waals surface area contributed by atoms with Crippen LogP contribution in [0.25, 0.3) is 33.1 Å². The van der Waals surface area contributed by atoms with Crippen LogP contribution in [0.4, 0.5) is 22.7 Å². The van der Waals surface area contributed by atoms with E-state index in [0.717, 1.165) is 50.2 Å². The van der Waals surface area contributed by atoms with E-state index in [1.165, 1.54) is 4.31 Å². The Bertz CT molecular complexity index is 2190. The molecule has 8 nitrogen and oxygen atoms in total. The minimum absolute atomic E-state index is 0.154. The third kappa shape index (κ3) is 5.98. The Balaban J connectivity index is 1.39. The van der Waals surface area contributed by atoms with Gasteiger partial charge in [0.25, 0.3) is 0 Å². The zero-order chi connectivity index (χ0) is 33.4. The maximum atomic E-state index is 14.2. The molecule has 1 saturated heterocycles. The summed E-state index contributed by atoms with van der Waals surface area (Å²) in [6.07, 6.45) is 0.556. The van der Waals surface area contributed by atoms with Crippen molar-refractivity contribution < 1.29 is 22.7 Å². The van der Waals surface area contributed by atoms with E-state index in [0.29, 0.717) is 16.7 Å². The lowest BCUT2D eigenvalue weighted by Gasteiger charge is -2.30. The Kier molecular flexibility index (Phi) is 8.33. The van der Waals surface area contributed by atoms with Crippen LogP contribution < -0.4 is 10.6 Å². The second kappa shape index (κ2) is 12.7. The summed E-state index contributed by atoms with van der Waals surface area (Å²) >= 11 is 0. The van der Waals surface area contributed by atoms with Gasteiger partial charge in [-0.2, -0.15) is 4.31 Å². The molecule has 5 aromatic carbocycles. The highest BCUT2D eigenvalue weighted by Gasteiger charge is 2.34. The van der Waals surface area contributed by atoms with Gasteiger partial charge in [-0.25, -0.2) is 12.8 Å². The first kappa shape index (κ1) is 31.4. The van der Waals surface area contributed by atoms with Crippen molar-refractivity contribution in [2.75, 3.05) is 23.7 Å². The summed E-state index contributed by atoms with van der Waals surface area (Å²) < 4.78 is 36.5. The standard InChI is InChI=1S/C39H35N3O5S/c1-25-9-3-6-12-33(25)40-28-15-17-30-35(23-28)47-36-24-29(41-34-13-7-4-10-26(34)2)16-18-31(36)38(30)32-11-5-8-14-37(32)48(45,46)42-21-19-27(20-22-42)39(43)44/h3-18,23-24,27,40-41H,19-22H2,1-2H3/p+1. The predicted molar refractivity (Wildman–Crippen MR) is 192 cm³/mol. The predicted octanol–water partition coefficient (Wildman–Crippen LogP) is 9.12. The molecule has 0 radical (unpaired) electrons. The fourth-order valence-corrected chi connectivity index (χ4v) is 8.12. The van der Waals surface area contributed by atoms with Gasteiger partial charge in [-0.3, -0.25) is 4.79 Å². The molecule has 6 aromatic rings. The molecule has 1 fully saturated rings. The van der Waals surface area contributed by atoms with E-state index in [4.69, 9.17) is 4.42 Å². The highest BCUT2D eigenvalue weighted by atomic mass is 32.2. The third-order valence-corrected chi connectivity index (χ3v) is 11.1. The number of benzene rings is 5. The van der Waals surface area contributed by atoms with E-state index in [2.05, 4.69) is 10.6 Å².